The van der Waals surface area contributed by atoms with E-state index in [0.29, 0.717) is 24.6 Å². The van der Waals surface area contributed by atoms with Crippen LogP contribution in [-0.2, 0) is 21.1 Å². The molecule has 0 spiro atoms. The Morgan fingerprint density at radius 3 is 2.75 bits per heavy atom. The van der Waals surface area contributed by atoms with E-state index in [1.807, 2.05) is 59.5 Å². The van der Waals surface area contributed by atoms with Crippen molar-refractivity contribution in [2.75, 3.05) is 23.0 Å². The number of hydrogen-bond donors (Lipinski definition) is 0. The van der Waals surface area contributed by atoms with E-state index in [1.54, 1.807) is 0 Å². The molecular weight excluding hydrogens is 444 g/mol. The minimum atomic E-state index is -3.11. The Balaban J connectivity index is 1.55. The van der Waals surface area contributed by atoms with Gasteiger partial charge in [0.05, 0.1) is 24.2 Å². The molecule has 2 heterocycles. The number of anilines is 1. The largest absolute Gasteiger partial charge is 0.494 e. The Bertz CT molecular complexity index is 1090. The van der Waals surface area contributed by atoms with Crippen LogP contribution in [0.1, 0.15) is 31.7 Å². The first kappa shape index (κ1) is 22.9. The van der Waals surface area contributed by atoms with Crippen molar-refractivity contribution in [1.82, 2.24) is 0 Å². The molecule has 1 amide bonds. The molecule has 2 fully saturated rings. The van der Waals surface area contributed by atoms with Crippen molar-refractivity contribution in [3.8, 4) is 5.75 Å². The fraction of sp³-hybridized carbons (Fsp3) is 0.417. The Labute approximate surface area is 194 Å². The van der Waals surface area contributed by atoms with E-state index in [2.05, 4.69) is 11.9 Å². The second kappa shape index (κ2) is 10.1. The highest BCUT2D eigenvalue weighted by atomic mass is 32.2. The van der Waals surface area contributed by atoms with Gasteiger partial charge in [-0.1, -0.05) is 61.5 Å². The molecule has 0 saturated carbocycles. The fourth-order valence-electron chi connectivity index (χ4n) is 3.98. The smallest absolute Gasteiger partial charge is 0.248 e. The number of fused-ring (bicyclic) bond motifs is 1. The van der Waals surface area contributed by atoms with E-state index in [1.165, 1.54) is 11.8 Å². The van der Waals surface area contributed by atoms with Crippen molar-refractivity contribution in [3.63, 3.8) is 0 Å². The number of sulfone groups is 1. The molecule has 0 bridgehead atoms. The molecule has 2 aromatic rings. The second-order valence-corrected chi connectivity index (χ2v) is 11.5. The van der Waals surface area contributed by atoms with Gasteiger partial charge in [0, 0.05) is 23.4 Å². The van der Waals surface area contributed by atoms with Gasteiger partial charge in [-0.05, 0) is 30.5 Å². The molecule has 0 N–H and O–H groups in total. The number of nitrogens with zero attached hydrogens (tertiary/aromatic N) is 2. The number of rotatable bonds is 8. The fourth-order valence-corrected chi connectivity index (χ4v) is 7.91. The van der Waals surface area contributed by atoms with Gasteiger partial charge in [-0.3, -0.25) is 4.79 Å². The molecule has 2 unspecified atom stereocenters. The van der Waals surface area contributed by atoms with E-state index >= 15 is 0 Å². The van der Waals surface area contributed by atoms with Crippen LogP contribution >= 0.6 is 11.8 Å². The molecule has 8 heteroatoms. The molecule has 170 valence electrons. The van der Waals surface area contributed by atoms with Gasteiger partial charge in [-0.15, -0.1) is 0 Å². The van der Waals surface area contributed by atoms with Crippen LogP contribution in [0.2, 0.25) is 0 Å². The number of carbonyl (C=O) groups excluding carboxylic acids is 1. The van der Waals surface area contributed by atoms with Crippen molar-refractivity contribution in [2.45, 2.75) is 43.9 Å². The van der Waals surface area contributed by atoms with Gasteiger partial charge in [0.1, 0.15) is 5.75 Å². The van der Waals surface area contributed by atoms with Crippen LogP contribution in [0.25, 0.3) is 0 Å². The van der Waals surface area contributed by atoms with E-state index in [4.69, 9.17) is 4.74 Å². The minimum absolute atomic E-state index is 0.0722. The van der Waals surface area contributed by atoms with Crippen LogP contribution in [0.4, 0.5) is 5.69 Å². The Hall–Kier alpha value is -2.32. The average molecular weight is 473 g/mol. The molecule has 2 aliphatic heterocycles. The van der Waals surface area contributed by atoms with Gasteiger partial charge >= 0.3 is 0 Å². The molecule has 2 aliphatic rings. The van der Waals surface area contributed by atoms with Crippen molar-refractivity contribution in [1.29, 1.82) is 0 Å². The average Bonchev–Trinajstić information content (AvgIpc) is 3.24. The molecule has 2 aromatic carbocycles. The monoisotopic (exact) mass is 472 g/mol. The summed E-state index contributed by atoms with van der Waals surface area (Å²) in [7, 11) is -3.11. The zero-order valence-corrected chi connectivity index (χ0v) is 19.8. The highest BCUT2D eigenvalue weighted by molar-refractivity contribution is 8.16. The molecule has 2 atom stereocenters. The Kier molecular flexibility index (Phi) is 7.20. The summed E-state index contributed by atoms with van der Waals surface area (Å²) in [4.78, 5) is 19.0. The first-order valence-electron chi connectivity index (χ1n) is 11.0. The van der Waals surface area contributed by atoms with Crippen molar-refractivity contribution in [3.05, 3.63) is 60.2 Å². The first-order valence-corrected chi connectivity index (χ1v) is 13.7. The number of amidine groups is 1. The zero-order valence-electron chi connectivity index (χ0n) is 18.1. The molecule has 6 nitrogen and oxygen atoms in total. The van der Waals surface area contributed by atoms with Crippen LogP contribution in [-0.4, -0.2) is 48.9 Å². The van der Waals surface area contributed by atoms with Crippen molar-refractivity contribution in [2.24, 2.45) is 4.99 Å². The maximum atomic E-state index is 12.7. The summed E-state index contributed by atoms with van der Waals surface area (Å²) in [6.45, 7) is 2.74. The summed E-state index contributed by atoms with van der Waals surface area (Å²) in [5.74, 6) is 0.727. The van der Waals surface area contributed by atoms with Gasteiger partial charge in [0.15, 0.2) is 15.0 Å². The normalized spacial score (nSPS) is 22.8. The lowest BCUT2D eigenvalue weighted by Crippen LogP contribution is -2.37. The summed E-state index contributed by atoms with van der Waals surface area (Å²) in [6.07, 6.45) is 2.96. The summed E-state index contributed by atoms with van der Waals surface area (Å²) in [6, 6.07) is 17.3. The van der Waals surface area contributed by atoms with Crippen molar-refractivity contribution < 1.29 is 17.9 Å². The highest BCUT2D eigenvalue weighted by Crippen LogP contribution is 2.41. The van der Waals surface area contributed by atoms with Crippen LogP contribution in [0.5, 0.6) is 5.75 Å². The van der Waals surface area contributed by atoms with Crippen LogP contribution < -0.4 is 9.64 Å². The van der Waals surface area contributed by atoms with Crippen molar-refractivity contribution >= 4 is 38.4 Å². The van der Waals surface area contributed by atoms with Crippen LogP contribution in [0, 0.1) is 0 Å². The minimum Gasteiger partial charge on any atom is -0.494 e. The lowest BCUT2D eigenvalue weighted by Gasteiger charge is -2.25. The van der Waals surface area contributed by atoms with Gasteiger partial charge in [0.25, 0.3) is 0 Å². The van der Waals surface area contributed by atoms with Crippen LogP contribution in [0.15, 0.2) is 59.6 Å². The third-order valence-corrected chi connectivity index (χ3v) is 8.83. The number of aliphatic imine (C=N–C) groups is 1. The second-order valence-electron chi connectivity index (χ2n) is 8.14. The quantitative estimate of drug-likeness (QED) is 0.539. The molecule has 4 rings (SSSR count). The number of benzene rings is 2. The summed E-state index contributed by atoms with van der Waals surface area (Å²) in [5.41, 5.74) is 1.91. The third kappa shape index (κ3) is 5.53. The summed E-state index contributed by atoms with van der Waals surface area (Å²) in [5, 5.41) is 0.462. The SMILES string of the molecule is CCCCOc1cccc(N2C(=NC(=O)CCc3ccccc3)SC3CS(=O)(=O)CC32)c1. The van der Waals surface area contributed by atoms with E-state index in [0.717, 1.165) is 29.8 Å². The number of aryl methyl sites for hydroxylation is 1. The highest BCUT2D eigenvalue weighted by Gasteiger charge is 2.49. The van der Waals surface area contributed by atoms with Gasteiger partial charge in [0.2, 0.25) is 5.91 Å². The molecule has 2 saturated heterocycles. The Morgan fingerprint density at radius 1 is 1.16 bits per heavy atom. The molecular formula is C24H28N2O4S2. The predicted octanol–water partition coefficient (Wildman–Crippen LogP) is 4.10. The topological polar surface area (TPSA) is 76.0 Å². The summed E-state index contributed by atoms with van der Waals surface area (Å²) >= 11 is 1.40. The van der Waals surface area contributed by atoms with E-state index in [-0.39, 0.29) is 28.7 Å². The molecule has 0 aromatic heterocycles. The first-order chi connectivity index (χ1) is 15.4. The number of carbonyl (C=O) groups is 1. The molecule has 0 radical (unpaired) electrons. The maximum absolute atomic E-state index is 12.7. The summed E-state index contributed by atoms with van der Waals surface area (Å²) < 4.78 is 30.4. The molecule has 32 heavy (non-hydrogen) atoms. The predicted molar refractivity (Wildman–Crippen MR) is 130 cm³/mol. The third-order valence-electron chi connectivity index (χ3n) is 5.62. The lowest BCUT2D eigenvalue weighted by molar-refractivity contribution is -0.117. The standard InChI is InChI=1S/C24H28N2O4S2/c1-2-3-14-30-20-11-7-10-19(15-20)26-21-16-32(28,29)17-22(21)31-24(26)25-23(27)13-12-18-8-5-4-6-9-18/h4-11,15,21-22H,2-3,12-14,16-17H2,1H3. The van der Waals surface area contributed by atoms with E-state index < -0.39 is 9.84 Å². The maximum Gasteiger partial charge on any atom is 0.248 e. The number of hydrogen-bond acceptors (Lipinski definition) is 5. The van der Waals surface area contributed by atoms with Crippen LogP contribution in [0.3, 0.4) is 0 Å². The lowest BCUT2D eigenvalue weighted by atomic mass is 10.1. The van der Waals surface area contributed by atoms with Gasteiger partial charge in [-0.2, -0.15) is 4.99 Å². The Morgan fingerprint density at radius 2 is 1.97 bits per heavy atom. The number of amides is 1. The van der Waals surface area contributed by atoms with Gasteiger partial charge in [-0.25, -0.2) is 8.42 Å². The number of unbranched alkanes of at least 4 members (excludes halogenated alkanes) is 1. The number of thioether (sulfide) groups is 1. The number of ether oxygens (including phenoxy) is 1. The van der Waals surface area contributed by atoms with Gasteiger partial charge < -0.3 is 9.64 Å². The zero-order chi connectivity index (χ0) is 22.6. The molecule has 0 aliphatic carbocycles. The van der Waals surface area contributed by atoms with E-state index in [9.17, 15) is 13.2 Å².